The molecule has 0 spiro atoms. The van der Waals surface area contributed by atoms with E-state index in [0.29, 0.717) is 31.2 Å². The van der Waals surface area contributed by atoms with Gasteiger partial charge in [0.15, 0.2) is 5.78 Å². The minimum Gasteiger partial charge on any atom is -0.494 e. The van der Waals surface area contributed by atoms with Crippen molar-refractivity contribution in [2.24, 2.45) is 0 Å². The summed E-state index contributed by atoms with van der Waals surface area (Å²) < 4.78 is 5.83. The van der Waals surface area contributed by atoms with E-state index in [1.807, 2.05) is 31.2 Å². The van der Waals surface area contributed by atoms with Gasteiger partial charge in [-0.05, 0) is 76.8 Å². The second-order valence-corrected chi connectivity index (χ2v) is 7.84. The van der Waals surface area contributed by atoms with Crippen LogP contribution in [0.1, 0.15) is 62.7 Å². The summed E-state index contributed by atoms with van der Waals surface area (Å²) in [7, 11) is 0. The lowest BCUT2D eigenvalue weighted by atomic mass is 10.0. The fourth-order valence-electron chi connectivity index (χ4n) is 4.12. The molecule has 0 aromatic heterocycles. The van der Waals surface area contributed by atoms with Crippen LogP contribution in [0.4, 0.5) is 0 Å². The summed E-state index contributed by atoms with van der Waals surface area (Å²) in [5.41, 5.74) is 0.638. The number of hydrogen-bond donors (Lipinski definition) is 0. The summed E-state index contributed by atoms with van der Waals surface area (Å²) in [6, 6.07) is 7.64. The summed E-state index contributed by atoms with van der Waals surface area (Å²) >= 11 is 0. The van der Waals surface area contributed by atoms with Crippen LogP contribution in [0.2, 0.25) is 0 Å². The molecule has 2 saturated heterocycles. The van der Waals surface area contributed by atoms with Crippen molar-refractivity contribution in [2.75, 3.05) is 26.2 Å². The molecule has 27 heavy (non-hydrogen) atoms. The number of likely N-dealkylation sites (tertiary alicyclic amines) is 2. The summed E-state index contributed by atoms with van der Waals surface area (Å²) in [6.45, 7) is 7.78. The Morgan fingerprint density at radius 2 is 1.96 bits per heavy atom. The highest BCUT2D eigenvalue weighted by molar-refractivity contribution is 6.01. The second-order valence-electron chi connectivity index (χ2n) is 7.84. The molecule has 2 aliphatic heterocycles. The van der Waals surface area contributed by atoms with Gasteiger partial charge in [-0.3, -0.25) is 9.59 Å². The van der Waals surface area contributed by atoms with Crippen molar-refractivity contribution >= 4 is 11.7 Å². The molecule has 0 aliphatic carbocycles. The Hall–Kier alpha value is -1.88. The molecule has 3 rings (SSSR count). The number of nitrogens with zero attached hydrogens (tertiary/aromatic N) is 2. The molecule has 2 heterocycles. The fourth-order valence-corrected chi connectivity index (χ4v) is 4.12. The second kappa shape index (κ2) is 9.36. The van der Waals surface area contributed by atoms with Crippen LogP contribution >= 0.6 is 0 Å². The van der Waals surface area contributed by atoms with E-state index in [-0.39, 0.29) is 11.7 Å². The van der Waals surface area contributed by atoms with Crippen LogP contribution in [0.25, 0.3) is 0 Å². The van der Waals surface area contributed by atoms with E-state index in [0.717, 1.165) is 31.6 Å². The van der Waals surface area contributed by atoms with Crippen LogP contribution < -0.4 is 4.74 Å². The topological polar surface area (TPSA) is 49.9 Å². The molecule has 1 aromatic carbocycles. The molecule has 0 N–H and O–H groups in total. The fraction of sp³-hybridized carbons (Fsp3) is 0.636. The number of carbonyl (C=O) groups is 2. The van der Waals surface area contributed by atoms with E-state index in [1.165, 1.54) is 19.4 Å². The van der Waals surface area contributed by atoms with E-state index in [2.05, 4.69) is 11.8 Å². The Labute approximate surface area is 162 Å². The predicted molar refractivity (Wildman–Crippen MR) is 106 cm³/mol. The van der Waals surface area contributed by atoms with Crippen molar-refractivity contribution in [3.8, 4) is 5.75 Å². The predicted octanol–water partition coefficient (Wildman–Crippen LogP) is 3.52. The van der Waals surface area contributed by atoms with Crippen LogP contribution in [0.5, 0.6) is 5.75 Å². The van der Waals surface area contributed by atoms with Crippen LogP contribution in [0.15, 0.2) is 24.3 Å². The minimum atomic E-state index is -0.396. The average molecular weight is 373 g/mol. The molecular formula is C22H32N2O3. The maximum atomic E-state index is 12.7. The molecule has 5 nitrogen and oxygen atoms in total. The van der Waals surface area contributed by atoms with Gasteiger partial charge in [0, 0.05) is 31.1 Å². The van der Waals surface area contributed by atoms with Gasteiger partial charge < -0.3 is 14.5 Å². The Morgan fingerprint density at radius 3 is 2.63 bits per heavy atom. The zero-order valence-electron chi connectivity index (χ0n) is 16.7. The number of hydrogen-bond acceptors (Lipinski definition) is 4. The molecule has 2 fully saturated rings. The summed E-state index contributed by atoms with van der Waals surface area (Å²) in [4.78, 5) is 29.0. The maximum absolute atomic E-state index is 12.7. The van der Waals surface area contributed by atoms with Crippen LogP contribution in [0, 0.1) is 0 Å². The van der Waals surface area contributed by atoms with Crippen molar-refractivity contribution in [1.82, 2.24) is 9.80 Å². The number of ketones is 1. The largest absolute Gasteiger partial charge is 0.494 e. The molecule has 2 atom stereocenters. The van der Waals surface area contributed by atoms with E-state index in [9.17, 15) is 9.59 Å². The number of ether oxygens (including phenoxy) is 1. The van der Waals surface area contributed by atoms with Gasteiger partial charge in [-0.2, -0.15) is 0 Å². The van der Waals surface area contributed by atoms with Gasteiger partial charge in [0.1, 0.15) is 5.75 Å². The van der Waals surface area contributed by atoms with E-state index < -0.39 is 6.04 Å². The Balaban J connectivity index is 1.46. The quantitative estimate of drug-likeness (QED) is 0.517. The van der Waals surface area contributed by atoms with Crippen molar-refractivity contribution in [3.63, 3.8) is 0 Å². The minimum absolute atomic E-state index is 0.000166. The first-order chi connectivity index (χ1) is 13.1. The van der Waals surface area contributed by atoms with E-state index in [1.54, 1.807) is 4.90 Å². The SMILES string of the molecule is CC1CCCN1CCCOc1ccc(C(=O)C(C)N2CCCCC2=O)cc1. The van der Waals surface area contributed by atoms with Crippen molar-refractivity contribution < 1.29 is 14.3 Å². The third-order valence-corrected chi connectivity index (χ3v) is 5.89. The highest BCUT2D eigenvalue weighted by Crippen LogP contribution is 2.20. The Kier molecular flexibility index (Phi) is 6.89. The molecule has 1 aromatic rings. The number of amides is 1. The zero-order chi connectivity index (χ0) is 19.2. The van der Waals surface area contributed by atoms with Crippen molar-refractivity contribution in [1.29, 1.82) is 0 Å². The molecule has 0 radical (unpaired) electrons. The van der Waals surface area contributed by atoms with E-state index >= 15 is 0 Å². The molecular weight excluding hydrogens is 340 g/mol. The number of piperidine rings is 1. The number of rotatable bonds is 8. The van der Waals surface area contributed by atoms with Gasteiger partial charge in [0.05, 0.1) is 12.6 Å². The lowest BCUT2D eigenvalue weighted by molar-refractivity contribution is -0.134. The van der Waals surface area contributed by atoms with Gasteiger partial charge in [-0.15, -0.1) is 0 Å². The molecule has 0 bridgehead atoms. The molecule has 1 amide bonds. The Morgan fingerprint density at radius 1 is 1.19 bits per heavy atom. The van der Waals surface area contributed by atoms with Crippen molar-refractivity contribution in [3.05, 3.63) is 29.8 Å². The molecule has 2 unspecified atom stereocenters. The third kappa shape index (κ3) is 5.10. The van der Waals surface area contributed by atoms with Crippen LogP contribution in [0.3, 0.4) is 0 Å². The zero-order valence-corrected chi connectivity index (χ0v) is 16.7. The lowest BCUT2D eigenvalue weighted by Gasteiger charge is -2.31. The van der Waals surface area contributed by atoms with Gasteiger partial charge >= 0.3 is 0 Å². The molecule has 5 heteroatoms. The van der Waals surface area contributed by atoms with Crippen LogP contribution in [-0.4, -0.2) is 59.8 Å². The van der Waals surface area contributed by atoms with Gasteiger partial charge in [0.2, 0.25) is 5.91 Å². The highest BCUT2D eigenvalue weighted by Gasteiger charge is 2.28. The number of benzene rings is 1. The highest BCUT2D eigenvalue weighted by atomic mass is 16.5. The smallest absolute Gasteiger partial charge is 0.223 e. The molecule has 0 saturated carbocycles. The Bertz CT molecular complexity index is 643. The van der Waals surface area contributed by atoms with Crippen molar-refractivity contribution in [2.45, 2.75) is 64.5 Å². The van der Waals surface area contributed by atoms with Crippen LogP contribution in [-0.2, 0) is 4.79 Å². The maximum Gasteiger partial charge on any atom is 0.223 e. The normalized spacial score (nSPS) is 22.1. The molecule has 2 aliphatic rings. The monoisotopic (exact) mass is 372 g/mol. The van der Waals surface area contributed by atoms with Gasteiger partial charge in [0.25, 0.3) is 0 Å². The number of Topliss-reactive ketones (excluding diaryl/α,β-unsaturated/α-hetero) is 1. The standard InChI is InChI=1S/C22H32N2O3/c1-17-7-5-13-23(17)14-6-16-27-20-11-9-19(10-12-20)22(26)18(2)24-15-4-3-8-21(24)25/h9-12,17-18H,3-8,13-16H2,1-2H3. The van der Waals surface area contributed by atoms with Gasteiger partial charge in [-0.25, -0.2) is 0 Å². The first-order valence-electron chi connectivity index (χ1n) is 10.4. The average Bonchev–Trinajstić information content (AvgIpc) is 3.10. The first kappa shape index (κ1) is 19.9. The lowest BCUT2D eigenvalue weighted by Crippen LogP contribution is -2.45. The summed E-state index contributed by atoms with van der Waals surface area (Å²) in [5.74, 6) is 0.886. The molecule has 148 valence electrons. The third-order valence-electron chi connectivity index (χ3n) is 5.89. The summed E-state index contributed by atoms with van der Waals surface area (Å²) in [6.07, 6.45) is 6.09. The van der Waals surface area contributed by atoms with E-state index in [4.69, 9.17) is 4.74 Å². The first-order valence-corrected chi connectivity index (χ1v) is 10.4. The summed E-state index contributed by atoms with van der Waals surface area (Å²) in [5, 5.41) is 0. The van der Waals surface area contributed by atoms with Gasteiger partial charge in [-0.1, -0.05) is 0 Å². The number of carbonyl (C=O) groups excluding carboxylic acids is 2.